The topological polar surface area (TPSA) is 146 Å². The first kappa shape index (κ1) is 41.1. The van der Waals surface area contributed by atoms with Gasteiger partial charge in [0.2, 0.25) is 5.91 Å². The Hall–Kier alpha value is -5.65. The summed E-state index contributed by atoms with van der Waals surface area (Å²) >= 11 is 0. The molecule has 2 heterocycles. The van der Waals surface area contributed by atoms with Crippen molar-refractivity contribution in [3.05, 3.63) is 84.7 Å². The first-order valence-electron chi connectivity index (χ1n) is 18.7. The van der Waals surface area contributed by atoms with Crippen molar-refractivity contribution in [2.75, 3.05) is 26.7 Å². The van der Waals surface area contributed by atoms with E-state index >= 15 is 0 Å². The maximum atomic E-state index is 12.8. The number of nitrogens with one attached hydrogen (secondary N) is 3. The van der Waals surface area contributed by atoms with Crippen molar-refractivity contribution >= 4 is 28.9 Å². The average Bonchev–Trinajstić information content (AvgIpc) is 3.82. The zero-order valence-electron chi connectivity index (χ0n) is 32.9. The number of hydrogen-bond donors (Lipinski definition) is 3. The Morgan fingerprint density at radius 3 is 1.83 bits per heavy atom. The smallest absolute Gasteiger partial charge is 0.410 e. The van der Waals surface area contributed by atoms with Crippen LogP contribution < -0.4 is 5.32 Å². The maximum absolute atomic E-state index is 12.8. The molecular formula is C42H55N7O5. The van der Waals surface area contributed by atoms with Crippen LogP contribution in [0.3, 0.4) is 0 Å². The van der Waals surface area contributed by atoms with Crippen LogP contribution in [0.25, 0.3) is 44.4 Å². The number of rotatable bonds is 13. The molecule has 12 nitrogen and oxygen atoms in total. The monoisotopic (exact) mass is 737 g/mol. The summed E-state index contributed by atoms with van der Waals surface area (Å²) in [6.07, 6.45) is 5.41. The summed E-state index contributed by atoms with van der Waals surface area (Å²) in [4.78, 5) is 56.2. The Balaban J connectivity index is 0.00000209. The number of methoxy groups -OCH3 is 1. The Bertz CT molecular complexity index is 1980. The highest BCUT2D eigenvalue weighted by Gasteiger charge is 2.23. The molecule has 0 unspecified atom stereocenters. The molecule has 5 aromatic rings. The van der Waals surface area contributed by atoms with E-state index < -0.39 is 11.7 Å². The molecule has 0 aliphatic heterocycles. The van der Waals surface area contributed by atoms with Gasteiger partial charge in [0.1, 0.15) is 23.8 Å². The number of ether oxygens (including phenoxy) is 2. The highest BCUT2D eigenvalue weighted by molar-refractivity contribution is 6.04. The molecule has 0 aliphatic carbocycles. The molecule has 0 saturated heterocycles. The van der Waals surface area contributed by atoms with E-state index in [2.05, 4.69) is 92.4 Å². The molecule has 0 bridgehead atoms. The lowest BCUT2D eigenvalue weighted by Crippen LogP contribution is -2.40. The number of alkyl carbamates (subject to hydrolysis) is 1. The zero-order valence-corrected chi connectivity index (χ0v) is 32.9. The van der Waals surface area contributed by atoms with Crippen molar-refractivity contribution in [1.29, 1.82) is 0 Å². The number of nitrogens with zero attached hydrogens (tertiary/aromatic N) is 4. The van der Waals surface area contributed by atoms with E-state index in [1.165, 1.54) is 13.5 Å². The van der Waals surface area contributed by atoms with Gasteiger partial charge in [-0.2, -0.15) is 0 Å². The second-order valence-electron chi connectivity index (χ2n) is 14.0. The van der Waals surface area contributed by atoms with Gasteiger partial charge in [0, 0.05) is 18.7 Å². The van der Waals surface area contributed by atoms with Crippen LogP contribution in [0.2, 0.25) is 0 Å². The third-order valence-electron chi connectivity index (χ3n) is 8.22. The summed E-state index contributed by atoms with van der Waals surface area (Å²) < 4.78 is 10.2. The third kappa shape index (κ3) is 11.2. The molecule has 3 N–H and O–H groups in total. The van der Waals surface area contributed by atoms with Crippen molar-refractivity contribution in [3.63, 3.8) is 0 Å². The van der Waals surface area contributed by atoms with Crippen molar-refractivity contribution in [2.45, 2.75) is 86.4 Å². The van der Waals surface area contributed by atoms with Gasteiger partial charge in [-0.1, -0.05) is 94.8 Å². The Kier molecular flexibility index (Phi) is 14.8. The number of imidazole rings is 2. The quantitative estimate of drug-likeness (QED) is 0.109. The molecule has 0 spiro atoms. The molecule has 0 atom stereocenters. The van der Waals surface area contributed by atoms with Crippen molar-refractivity contribution in [2.24, 2.45) is 0 Å². The van der Waals surface area contributed by atoms with Gasteiger partial charge >= 0.3 is 12.2 Å². The second-order valence-corrected chi connectivity index (χ2v) is 14.0. The molecule has 3 amide bonds. The molecule has 0 radical (unpaired) electrons. The summed E-state index contributed by atoms with van der Waals surface area (Å²) in [5, 5.41) is 4.63. The zero-order chi connectivity index (χ0) is 39.3. The summed E-state index contributed by atoms with van der Waals surface area (Å²) in [6, 6.07) is 20.8. The number of benzene rings is 3. The van der Waals surface area contributed by atoms with Crippen molar-refractivity contribution < 1.29 is 23.9 Å². The van der Waals surface area contributed by atoms with E-state index in [0.717, 1.165) is 57.3 Å². The molecule has 12 heteroatoms. The second kappa shape index (κ2) is 19.4. The molecule has 0 aliphatic rings. The standard InChI is InChI=1S/C39H47N7O5.C3H8/c1-7-19-45(36(47)23-42-37(48)50-6)24-34-40-21-32(43-34)27-15-13-26(14-16-27)28-17-18-31(30-12-10-9-11-29(28)30)33-22-41-35(44-33)25-46(20-8-2)38(49)51-39(3,4)5;1-3-2/h9-18,21-22H,7-8,19-20,23-25H2,1-6H3,(H,40,43)(H,41,44)(H,42,48);3H2,1-2H3. The van der Waals surface area contributed by atoms with Gasteiger partial charge in [-0.25, -0.2) is 19.6 Å². The van der Waals surface area contributed by atoms with Gasteiger partial charge in [-0.15, -0.1) is 0 Å². The van der Waals surface area contributed by atoms with Crippen LogP contribution in [0.1, 0.15) is 79.4 Å². The number of fused-ring (bicyclic) bond motifs is 1. The fourth-order valence-corrected chi connectivity index (χ4v) is 5.87. The van der Waals surface area contributed by atoms with E-state index in [4.69, 9.17) is 4.74 Å². The Labute approximate surface area is 318 Å². The Morgan fingerprint density at radius 2 is 1.24 bits per heavy atom. The predicted octanol–water partition coefficient (Wildman–Crippen LogP) is 8.95. The predicted molar refractivity (Wildman–Crippen MR) is 214 cm³/mol. The minimum absolute atomic E-state index is 0.145. The van der Waals surface area contributed by atoms with Crippen LogP contribution >= 0.6 is 0 Å². The summed E-state index contributed by atoms with van der Waals surface area (Å²) in [5.41, 5.74) is 5.29. The number of aromatic nitrogens is 4. The lowest BCUT2D eigenvalue weighted by atomic mass is 9.93. The third-order valence-corrected chi connectivity index (χ3v) is 8.22. The highest BCUT2D eigenvalue weighted by atomic mass is 16.6. The minimum Gasteiger partial charge on any atom is -0.453 e. The minimum atomic E-state index is -0.647. The lowest BCUT2D eigenvalue weighted by Gasteiger charge is -2.26. The van der Waals surface area contributed by atoms with Gasteiger partial charge in [-0.05, 0) is 61.1 Å². The van der Waals surface area contributed by atoms with Gasteiger partial charge in [0.15, 0.2) is 0 Å². The lowest BCUT2D eigenvalue weighted by molar-refractivity contribution is -0.130. The number of carbonyl (C=O) groups is 3. The molecule has 54 heavy (non-hydrogen) atoms. The molecule has 0 fully saturated rings. The fourth-order valence-electron chi connectivity index (χ4n) is 5.87. The molecule has 5 rings (SSSR count). The van der Waals surface area contributed by atoms with E-state index in [-0.39, 0.29) is 18.5 Å². The van der Waals surface area contributed by atoms with Crippen LogP contribution in [0.15, 0.2) is 73.1 Å². The van der Waals surface area contributed by atoms with E-state index in [9.17, 15) is 14.4 Å². The van der Waals surface area contributed by atoms with Crippen LogP contribution in [-0.4, -0.2) is 80.2 Å². The highest BCUT2D eigenvalue weighted by Crippen LogP contribution is 2.36. The Morgan fingerprint density at radius 1 is 0.722 bits per heavy atom. The first-order valence-corrected chi connectivity index (χ1v) is 18.7. The summed E-state index contributed by atoms with van der Waals surface area (Å²) in [7, 11) is 1.26. The SMILES string of the molecule is CCC.CCCN(Cc1ncc(-c2ccc(-c3ccc(-c4cnc(CN(CCC)C(=O)OC(C)(C)C)[nH]4)c4ccccc34)cc2)[nH]1)C(=O)CNC(=O)OC. The molecule has 288 valence electrons. The number of carbonyl (C=O) groups excluding carboxylic acids is 3. The van der Waals surface area contributed by atoms with Crippen molar-refractivity contribution in [3.8, 4) is 33.6 Å². The summed E-state index contributed by atoms with van der Waals surface area (Å²) in [5.74, 6) is 1.13. The van der Waals surface area contributed by atoms with E-state index in [0.29, 0.717) is 37.8 Å². The van der Waals surface area contributed by atoms with Crippen molar-refractivity contribution in [1.82, 2.24) is 35.1 Å². The fraction of sp³-hybridized carbons (Fsp3) is 0.405. The van der Waals surface area contributed by atoms with Gasteiger partial charge in [-0.3, -0.25) is 4.79 Å². The van der Waals surface area contributed by atoms with Gasteiger partial charge < -0.3 is 34.6 Å². The molecule has 0 saturated carbocycles. The van der Waals surface area contributed by atoms with Gasteiger partial charge in [0.05, 0.1) is 44.0 Å². The molecule has 2 aromatic heterocycles. The maximum Gasteiger partial charge on any atom is 0.410 e. The normalized spacial score (nSPS) is 11.0. The average molecular weight is 738 g/mol. The van der Waals surface area contributed by atoms with Crippen LogP contribution in [0, 0.1) is 0 Å². The van der Waals surface area contributed by atoms with Crippen LogP contribution in [0.5, 0.6) is 0 Å². The first-order chi connectivity index (χ1) is 25.9. The molecular weight excluding hydrogens is 683 g/mol. The van der Waals surface area contributed by atoms with Crippen LogP contribution in [0.4, 0.5) is 9.59 Å². The largest absolute Gasteiger partial charge is 0.453 e. The summed E-state index contributed by atoms with van der Waals surface area (Å²) in [6.45, 7) is 15.4. The number of amides is 3. The van der Waals surface area contributed by atoms with Crippen LogP contribution in [-0.2, 0) is 27.4 Å². The number of hydrogen-bond acceptors (Lipinski definition) is 7. The number of aromatic amines is 2. The van der Waals surface area contributed by atoms with E-state index in [1.807, 2.05) is 52.9 Å². The van der Waals surface area contributed by atoms with Gasteiger partial charge in [0.25, 0.3) is 0 Å². The molecule has 3 aromatic carbocycles. The number of H-pyrrole nitrogens is 2. The van der Waals surface area contributed by atoms with E-state index in [1.54, 1.807) is 16.0 Å².